The maximum atomic E-state index is 6.46. The number of hydrogen-bond acceptors (Lipinski definition) is 4. The molecular weight excluding hydrogens is 827 g/mol. The molecule has 10 aromatic carbocycles. The molecule has 0 fully saturated rings. The summed E-state index contributed by atoms with van der Waals surface area (Å²) in [6.45, 7) is 0. The van der Waals surface area contributed by atoms with E-state index in [0.29, 0.717) is 17.5 Å². The number of furan rings is 1. The first kappa shape index (κ1) is 38.3. The Morgan fingerprint density at radius 1 is 0.265 bits per heavy atom. The van der Waals surface area contributed by atoms with E-state index >= 15 is 0 Å². The molecule has 1 spiro atoms. The van der Waals surface area contributed by atoms with Gasteiger partial charge in [-0.2, -0.15) is 0 Å². The molecular formula is C64H39N3O. The van der Waals surface area contributed by atoms with Crippen molar-refractivity contribution in [3.05, 3.63) is 259 Å². The quantitative estimate of drug-likeness (QED) is 0.167. The Balaban J connectivity index is 0.872. The van der Waals surface area contributed by atoms with Crippen LogP contribution in [-0.2, 0) is 5.41 Å². The molecule has 0 saturated heterocycles. The van der Waals surface area contributed by atoms with Crippen LogP contribution < -0.4 is 0 Å². The molecule has 68 heavy (non-hydrogen) atoms. The van der Waals surface area contributed by atoms with Crippen LogP contribution in [0, 0.1) is 0 Å². The highest BCUT2D eigenvalue weighted by Crippen LogP contribution is 2.63. The highest BCUT2D eigenvalue weighted by Gasteiger charge is 2.51. The molecule has 0 N–H and O–H groups in total. The average Bonchev–Trinajstić information content (AvgIpc) is 4.05. The van der Waals surface area contributed by atoms with Crippen molar-refractivity contribution in [2.75, 3.05) is 0 Å². The Kier molecular flexibility index (Phi) is 8.46. The zero-order chi connectivity index (χ0) is 44.8. The number of fused-ring (bicyclic) bond motifs is 13. The summed E-state index contributed by atoms with van der Waals surface area (Å²) in [5.41, 5.74) is 21.3. The van der Waals surface area contributed by atoms with Crippen molar-refractivity contribution in [1.29, 1.82) is 0 Å². The van der Waals surface area contributed by atoms with Gasteiger partial charge < -0.3 is 4.42 Å². The van der Waals surface area contributed by atoms with Gasteiger partial charge in [-0.15, -0.1) is 0 Å². The fourth-order valence-electron chi connectivity index (χ4n) is 11.2. The molecule has 4 heteroatoms. The second-order valence-corrected chi connectivity index (χ2v) is 17.8. The first-order chi connectivity index (χ1) is 33.7. The first-order valence-corrected chi connectivity index (χ1v) is 23.2. The van der Waals surface area contributed by atoms with Gasteiger partial charge in [0.05, 0.1) is 5.41 Å². The maximum absolute atomic E-state index is 6.46. The highest BCUT2D eigenvalue weighted by atomic mass is 16.3. The molecule has 4 nitrogen and oxygen atoms in total. The third kappa shape index (κ3) is 5.77. The minimum Gasteiger partial charge on any atom is -0.456 e. The highest BCUT2D eigenvalue weighted by molar-refractivity contribution is 6.13. The lowest BCUT2D eigenvalue weighted by molar-refractivity contribution is 0.669. The van der Waals surface area contributed by atoms with Gasteiger partial charge in [-0.25, -0.2) is 15.0 Å². The van der Waals surface area contributed by atoms with E-state index in [4.69, 9.17) is 19.4 Å². The van der Waals surface area contributed by atoms with Crippen LogP contribution >= 0.6 is 0 Å². The van der Waals surface area contributed by atoms with Crippen molar-refractivity contribution in [2.45, 2.75) is 5.41 Å². The second-order valence-electron chi connectivity index (χ2n) is 17.8. The Morgan fingerprint density at radius 2 is 0.706 bits per heavy atom. The minimum atomic E-state index is -0.361. The molecule has 2 aliphatic rings. The van der Waals surface area contributed by atoms with E-state index in [1.807, 2.05) is 48.5 Å². The number of rotatable bonds is 6. The van der Waals surface area contributed by atoms with Crippen LogP contribution in [0.25, 0.3) is 112 Å². The van der Waals surface area contributed by atoms with Crippen molar-refractivity contribution in [1.82, 2.24) is 15.0 Å². The van der Waals surface area contributed by atoms with Gasteiger partial charge in [-0.3, -0.25) is 0 Å². The molecule has 12 aromatic rings. The zero-order valence-electron chi connectivity index (χ0n) is 36.8. The van der Waals surface area contributed by atoms with Gasteiger partial charge in [0, 0.05) is 27.5 Å². The Morgan fingerprint density at radius 3 is 1.37 bits per heavy atom. The summed E-state index contributed by atoms with van der Waals surface area (Å²) in [5, 5.41) is 1.99. The summed E-state index contributed by atoms with van der Waals surface area (Å²) < 4.78 is 6.46. The minimum absolute atomic E-state index is 0.361. The van der Waals surface area contributed by atoms with Gasteiger partial charge in [-0.1, -0.05) is 200 Å². The fraction of sp³-hybridized carbons (Fsp3) is 0.0156. The number of nitrogens with zero attached hydrogens (tertiary/aromatic N) is 3. The molecule has 2 heterocycles. The molecule has 2 aliphatic carbocycles. The second kappa shape index (κ2) is 15.0. The van der Waals surface area contributed by atoms with Gasteiger partial charge >= 0.3 is 0 Å². The van der Waals surface area contributed by atoms with Gasteiger partial charge in [0.1, 0.15) is 11.2 Å². The monoisotopic (exact) mass is 865 g/mol. The van der Waals surface area contributed by atoms with Crippen LogP contribution in [-0.4, -0.2) is 15.0 Å². The molecule has 0 atom stereocenters. The zero-order valence-corrected chi connectivity index (χ0v) is 36.8. The van der Waals surface area contributed by atoms with Gasteiger partial charge in [-0.05, 0) is 114 Å². The van der Waals surface area contributed by atoms with Crippen molar-refractivity contribution >= 4 is 21.9 Å². The van der Waals surface area contributed by atoms with Crippen LogP contribution in [0.4, 0.5) is 0 Å². The molecule has 0 saturated carbocycles. The third-order valence-electron chi connectivity index (χ3n) is 14.2. The maximum Gasteiger partial charge on any atom is 0.164 e. The molecule has 14 rings (SSSR count). The summed E-state index contributed by atoms with van der Waals surface area (Å²) in [6.07, 6.45) is 0. The Hall–Kier alpha value is -8.99. The van der Waals surface area contributed by atoms with E-state index in [1.54, 1.807) is 0 Å². The van der Waals surface area contributed by atoms with Crippen molar-refractivity contribution < 1.29 is 4.42 Å². The standard InChI is InChI=1S/C64H39N3O/c1-3-16-40(17-4-1)45-33-35-58-53(39-45)60-51(27-15-31-59(60)68-58)63-66-61(41-18-5-2-6-19-41)65-62(67-63)47-23-14-22-44(37-47)42-20-13-21-43(36-42)46-32-34-57-52(38-46)50-26-9-12-30-56(50)64(57)54-28-10-7-24-48(54)49-25-8-11-29-55(49)64/h1-39H. The van der Waals surface area contributed by atoms with Crippen molar-refractivity contribution in [2.24, 2.45) is 0 Å². The average molecular weight is 866 g/mol. The van der Waals surface area contributed by atoms with E-state index in [0.717, 1.165) is 66.4 Å². The molecule has 0 unspecified atom stereocenters. The fourth-order valence-corrected chi connectivity index (χ4v) is 11.2. The summed E-state index contributed by atoms with van der Waals surface area (Å²) in [7, 11) is 0. The lowest BCUT2D eigenvalue weighted by atomic mass is 9.70. The summed E-state index contributed by atoms with van der Waals surface area (Å²) in [5.74, 6) is 1.80. The van der Waals surface area contributed by atoms with E-state index in [2.05, 4.69) is 188 Å². The SMILES string of the molecule is c1ccc(-c2ccc3oc4cccc(-c5nc(-c6ccccc6)nc(-c6cccc(-c7cccc(-c8ccc9c(c8)-c8ccccc8C98c9ccccc9-c9ccccc98)c7)c6)n5)c4c3c2)cc1. The van der Waals surface area contributed by atoms with Crippen LogP contribution in [0.3, 0.4) is 0 Å². The van der Waals surface area contributed by atoms with E-state index in [-0.39, 0.29) is 5.41 Å². The van der Waals surface area contributed by atoms with Crippen LogP contribution in [0.2, 0.25) is 0 Å². The first-order valence-electron chi connectivity index (χ1n) is 23.2. The van der Waals surface area contributed by atoms with Gasteiger partial charge in [0.15, 0.2) is 17.5 Å². The Labute approximate surface area is 393 Å². The molecule has 316 valence electrons. The molecule has 0 bridgehead atoms. The predicted molar refractivity (Wildman–Crippen MR) is 276 cm³/mol. The number of aromatic nitrogens is 3. The van der Waals surface area contributed by atoms with Crippen LogP contribution in [0.1, 0.15) is 22.3 Å². The topological polar surface area (TPSA) is 51.8 Å². The molecule has 2 aromatic heterocycles. The van der Waals surface area contributed by atoms with Crippen LogP contribution in [0.5, 0.6) is 0 Å². The Bertz CT molecular complexity index is 3940. The van der Waals surface area contributed by atoms with Gasteiger partial charge in [0.25, 0.3) is 0 Å². The third-order valence-corrected chi connectivity index (χ3v) is 14.2. The summed E-state index contributed by atoms with van der Waals surface area (Å²) in [6, 6.07) is 84.6. The van der Waals surface area contributed by atoms with Gasteiger partial charge in [0.2, 0.25) is 0 Å². The summed E-state index contributed by atoms with van der Waals surface area (Å²) in [4.78, 5) is 15.6. The number of hydrogen-bond donors (Lipinski definition) is 0. The summed E-state index contributed by atoms with van der Waals surface area (Å²) >= 11 is 0. The molecule has 0 amide bonds. The van der Waals surface area contributed by atoms with Crippen molar-refractivity contribution in [3.8, 4) is 89.8 Å². The van der Waals surface area contributed by atoms with E-state index in [9.17, 15) is 0 Å². The lowest BCUT2D eigenvalue weighted by Crippen LogP contribution is -2.25. The van der Waals surface area contributed by atoms with Crippen molar-refractivity contribution in [3.63, 3.8) is 0 Å². The van der Waals surface area contributed by atoms with E-state index < -0.39 is 0 Å². The normalized spacial score (nSPS) is 12.8. The lowest BCUT2D eigenvalue weighted by Gasteiger charge is -2.30. The molecule has 0 radical (unpaired) electrons. The van der Waals surface area contributed by atoms with Crippen LogP contribution in [0.15, 0.2) is 241 Å². The molecule has 0 aliphatic heterocycles. The number of benzene rings is 10. The largest absolute Gasteiger partial charge is 0.456 e. The van der Waals surface area contributed by atoms with E-state index in [1.165, 1.54) is 50.1 Å². The predicted octanol–water partition coefficient (Wildman–Crippen LogP) is 16.1. The smallest absolute Gasteiger partial charge is 0.164 e.